The fraction of sp³-hybridized carbons (Fsp3) is 1.00. The molecule has 0 saturated carbocycles. The van der Waals surface area contributed by atoms with Crippen molar-refractivity contribution < 1.29 is 0 Å². The van der Waals surface area contributed by atoms with Crippen LogP contribution in [0.3, 0.4) is 0 Å². The van der Waals surface area contributed by atoms with Gasteiger partial charge in [-0.2, -0.15) is 0 Å². The zero-order chi connectivity index (χ0) is 7.47. The summed E-state index contributed by atoms with van der Waals surface area (Å²) in [5.74, 6) is 0. The molecule has 0 aromatic carbocycles. The summed E-state index contributed by atoms with van der Waals surface area (Å²) in [5.41, 5.74) is 0. The van der Waals surface area contributed by atoms with Gasteiger partial charge in [0.05, 0.1) is 17.8 Å². The minimum Gasteiger partial charge on any atom is -0.133 e. The number of hydrogen-bond donors (Lipinski definition) is 0. The highest BCUT2D eigenvalue weighted by atomic mass is 32.3. The lowest BCUT2D eigenvalue weighted by atomic mass is 10.3. The first kappa shape index (κ1) is 7.77. The summed E-state index contributed by atoms with van der Waals surface area (Å²) in [5, 5.41) is 0. The van der Waals surface area contributed by atoms with Gasteiger partial charge in [-0.1, -0.05) is 0 Å². The van der Waals surface area contributed by atoms with Crippen molar-refractivity contribution in [1.29, 1.82) is 0 Å². The third kappa shape index (κ3) is 1.25. The zero-order valence-electron chi connectivity index (χ0n) is 6.28. The fourth-order valence-electron chi connectivity index (χ4n) is 1.87. The largest absolute Gasteiger partial charge is 0.133 e. The van der Waals surface area contributed by atoms with E-state index >= 15 is 0 Å². The van der Waals surface area contributed by atoms with Crippen molar-refractivity contribution in [2.45, 2.75) is 37.6 Å². The monoisotopic (exact) mass is 222 g/mol. The molecule has 0 aromatic heterocycles. The van der Waals surface area contributed by atoms with E-state index in [1.165, 1.54) is 12.8 Å². The zero-order valence-corrected chi connectivity index (χ0v) is 9.55. The molecule has 0 N–H and O–H groups in total. The molecule has 4 aliphatic heterocycles. The summed E-state index contributed by atoms with van der Waals surface area (Å²) < 4.78 is 3.40. The molecule has 4 rings (SSSR count). The van der Waals surface area contributed by atoms with Crippen LogP contribution in [-0.2, 0) is 0 Å². The maximum Gasteiger partial charge on any atom is 0.0623 e. The minimum absolute atomic E-state index is 0.592. The predicted molar refractivity (Wildman–Crippen MR) is 59.4 cm³/mol. The van der Waals surface area contributed by atoms with Crippen LogP contribution in [0.25, 0.3) is 0 Å². The molecule has 4 saturated heterocycles. The van der Waals surface area contributed by atoms with Crippen LogP contribution in [0.15, 0.2) is 0 Å². The number of rotatable bonds is 0. The Morgan fingerprint density at radius 1 is 1.09 bits per heavy atom. The Morgan fingerprint density at radius 3 is 2.18 bits per heavy atom. The van der Waals surface area contributed by atoms with Gasteiger partial charge in [0.15, 0.2) is 0 Å². The second kappa shape index (κ2) is 2.46. The highest BCUT2D eigenvalue weighted by molar-refractivity contribution is 8.36. The van der Waals surface area contributed by atoms with Crippen molar-refractivity contribution in [3.63, 3.8) is 0 Å². The number of hydrogen-bond acceptors (Lipinski definition) is 4. The van der Waals surface area contributed by atoms with Gasteiger partial charge < -0.3 is 0 Å². The maximum absolute atomic E-state index is 2.44. The molecule has 0 spiro atoms. The lowest BCUT2D eigenvalue weighted by molar-refractivity contribution is 0.770. The van der Waals surface area contributed by atoms with Gasteiger partial charge in [0.2, 0.25) is 0 Å². The van der Waals surface area contributed by atoms with Gasteiger partial charge in [0, 0.05) is 0 Å². The van der Waals surface area contributed by atoms with Crippen LogP contribution in [0.1, 0.15) is 19.8 Å². The van der Waals surface area contributed by atoms with Crippen LogP contribution in [0.2, 0.25) is 0 Å². The molecule has 0 radical (unpaired) electrons. The first-order valence-corrected chi connectivity index (χ1v) is 7.55. The Morgan fingerprint density at radius 2 is 1.73 bits per heavy atom. The van der Waals surface area contributed by atoms with E-state index in [0.717, 1.165) is 13.7 Å². The van der Waals surface area contributed by atoms with E-state index < -0.39 is 0 Å². The van der Waals surface area contributed by atoms with E-state index in [-0.39, 0.29) is 0 Å². The van der Waals surface area contributed by atoms with Crippen molar-refractivity contribution in [1.82, 2.24) is 0 Å². The highest BCUT2D eigenvalue weighted by Gasteiger charge is 2.50. The highest BCUT2D eigenvalue weighted by Crippen LogP contribution is 2.68. The van der Waals surface area contributed by atoms with Crippen LogP contribution in [0.5, 0.6) is 0 Å². The average Bonchev–Trinajstić information content (AvgIpc) is 1.79. The molecule has 11 heavy (non-hydrogen) atoms. The van der Waals surface area contributed by atoms with Gasteiger partial charge >= 0.3 is 0 Å². The summed E-state index contributed by atoms with van der Waals surface area (Å²) >= 11 is 8.88. The third-order valence-electron chi connectivity index (χ3n) is 2.29. The van der Waals surface area contributed by atoms with E-state index in [4.69, 9.17) is 0 Å². The van der Waals surface area contributed by atoms with Gasteiger partial charge in [-0.15, -0.1) is 47.0 Å². The molecule has 62 valence electrons. The molecule has 4 aliphatic rings. The van der Waals surface area contributed by atoms with Gasteiger partial charge in [0.1, 0.15) is 0 Å². The summed E-state index contributed by atoms with van der Waals surface area (Å²) in [6.45, 7) is 2.44. The Hall–Kier alpha value is 1.40. The molecule has 4 fully saturated rings. The van der Waals surface area contributed by atoms with Crippen molar-refractivity contribution >= 4 is 47.0 Å². The second-order valence-corrected chi connectivity index (χ2v) is 10.8. The molecule has 4 heterocycles. The first-order chi connectivity index (χ1) is 5.23. The molecule has 4 bridgehead atoms. The van der Waals surface area contributed by atoms with Crippen LogP contribution >= 0.6 is 47.0 Å². The first-order valence-electron chi connectivity index (χ1n) is 3.90. The van der Waals surface area contributed by atoms with E-state index in [9.17, 15) is 0 Å². The van der Waals surface area contributed by atoms with E-state index in [0.29, 0.717) is 4.08 Å². The number of thioether (sulfide) groups is 4. The predicted octanol–water partition coefficient (Wildman–Crippen LogP) is 3.43. The minimum atomic E-state index is 0.592. The molecule has 0 amide bonds. The molecule has 2 unspecified atom stereocenters. The standard InChI is InChI=1S/C7H10S4/c1-7-3-6-8-4(10-7)2-5(9-6)11-7/h4-6H,2-3H2,1H3/t4-,5+,6?,7?. The van der Waals surface area contributed by atoms with Crippen molar-refractivity contribution in [3.8, 4) is 0 Å². The van der Waals surface area contributed by atoms with Crippen LogP contribution in [0.4, 0.5) is 0 Å². The SMILES string of the molecule is CC12CC3S[C@@H](C[C@@H](S3)S1)S2. The van der Waals surface area contributed by atoms with Gasteiger partial charge in [-0.3, -0.25) is 0 Å². The van der Waals surface area contributed by atoms with E-state index in [1.54, 1.807) is 0 Å². The van der Waals surface area contributed by atoms with Crippen LogP contribution in [0, 0.1) is 0 Å². The quantitative estimate of drug-likeness (QED) is 0.615. The molecule has 0 aromatic rings. The summed E-state index contributed by atoms with van der Waals surface area (Å²) in [6, 6.07) is 0. The molecule has 0 nitrogen and oxygen atoms in total. The molecule has 0 aliphatic carbocycles. The van der Waals surface area contributed by atoms with Crippen LogP contribution in [-0.4, -0.2) is 17.8 Å². The van der Waals surface area contributed by atoms with Crippen molar-refractivity contribution in [3.05, 3.63) is 0 Å². The lowest BCUT2D eigenvalue weighted by Crippen LogP contribution is -2.41. The molecular weight excluding hydrogens is 212 g/mol. The van der Waals surface area contributed by atoms with Gasteiger partial charge in [-0.25, -0.2) is 0 Å². The molecular formula is C7H10S4. The Bertz CT molecular complexity index is 156. The fourth-order valence-corrected chi connectivity index (χ4v) is 12.4. The Labute approximate surface area is 84.4 Å². The summed E-state index contributed by atoms with van der Waals surface area (Å²) in [6.07, 6.45) is 2.86. The van der Waals surface area contributed by atoms with Crippen molar-refractivity contribution in [2.24, 2.45) is 0 Å². The molecule has 4 heteroatoms. The topological polar surface area (TPSA) is 0 Å². The third-order valence-corrected chi connectivity index (χ3v) is 8.95. The normalized spacial score (nSPS) is 60.3. The Kier molecular flexibility index (Phi) is 1.74. The summed E-state index contributed by atoms with van der Waals surface area (Å²) in [4.78, 5) is 0. The summed E-state index contributed by atoms with van der Waals surface area (Å²) in [7, 11) is 0. The van der Waals surface area contributed by atoms with Gasteiger partial charge in [0.25, 0.3) is 0 Å². The van der Waals surface area contributed by atoms with Crippen molar-refractivity contribution in [2.75, 3.05) is 0 Å². The van der Waals surface area contributed by atoms with Crippen LogP contribution < -0.4 is 0 Å². The lowest BCUT2D eigenvalue weighted by Gasteiger charge is -2.53. The Balaban J connectivity index is 1.94. The average molecular weight is 222 g/mol. The van der Waals surface area contributed by atoms with E-state index in [1.807, 2.05) is 0 Å². The second-order valence-electron chi connectivity index (χ2n) is 3.37. The smallest absolute Gasteiger partial charge is 0.0623 e. The van der Waals surface area contributed by atoms with E-state index in [2.05, 4.69) is 54.0 Å². The maximum atomic E-state index is 2.44. The van der Waals surface area contributed by atoms with Gasteiger partial charge in [-0.05, 0) is 19.8 Å². The molecule has 4 atom stereocenters.